The molecular weight excluding hydrogens is 459 g/mol. The third-order valence-corrected chi connectivity index (χ3v) is 7.96. The fourth-order valence-electron chi connectivity index (χ4n) is 4.06. The van der Waals surface area contributed by atoms with E-state index in [1.807, 2.05) is 36.4 Å². The highest BCUT2D eigenvalue weighted by Crippen LogP contribution is 2.33. The van der Waals surface area contributed by atoms with Gasteiger partial charge in [-0.1, -0.05) is 61.1 Å². The molecule has 4 rings (SSSR count). The first-order valence-electron chi connectivity index (χ1n) is 11.9. The van der Waals surface area contributed by atoms with Gasteiger partial charge in [-0.05, 0) is 63.1 Å². The van der Waals surface area contributed by atoms with Gasteiger partial charge in [0.05, 0.1) is 10.9 Å². The minimum absolute atomic E-state index is 0.0265. The fourth-order valence-corrected chi connectivity index (χ4v) is 6.17. The molecular formula is C30H30FO3S+. The van der Waals surface area contributed by atoms with Gasteiger partial charge >= 0.3 is 5.97 Å². The molecule has 0 unspecified atom stereocenters. The van der Waals surface area contributed by atoms with Crippen molar-refractivity contribution in [2.24, 2.45) is 5.92 Å². The van der Waals surface area contributed by atoms with Crippen LogP contribution in [-0.4, -0.2) is 18.2 Å². The van der Waals surface area contributed by atoms with Gasteiger partial charge in [-0.2, -0.15) is 0 Å². The van der Waals surface area contributed by atoms with Gasteiger partial charge in [0, 0.05) is 12.0 Å². The Kier molecular flexibility index (Phi) is 8.15. The molecule has 1 fully saturated rings. The Morgan fingerprint density at radius 3 is 2.14 bits per heavy atom. The van der Waals surface area contributed by atoms with Crippen molar-refractivity contribution in [2.75, 3.05) is 6.61 Å². The topological polar surface area (TPSA) is 35.5 Å². The Morgan fingerprint density at radius 2 is 1.54 bits per heavy atom. The van der Waals surface area contributed by atoms with E-state index in [2.05, 4.69) is 36.1 Å². The largest absolute Gasteiger partial charge is 0.479 e. The van der Waals surface area contributed by atoms with Crippen LogP contribution in [0.5, 0.6) is 5.75 Å². The van der Waals surface area contributed by atoms with E-state index >= 15 is 0 Å². The van der Waals surface area contributed by atoms with Gasteiger partial charge in [0.25, 0.3) is 0 Å². The second kappa shape index (κ2) is 11.5. The van der Waals surface area contributed by atoms with Crippen LogP contribution < -0.4 is 4.74 Å². The Bertz CT molecular complexity index is 1150. The second-order valence-electron chi connectivity index (χ2n) is 9.05. The lowest BCUT2D eigenvalue weighted by Crippen LogP contribution is -2.29. The first-order chi connectivity index (χ1) is 16.9. The van der Waals surface area contributed by atoms with Crippen molar-refractivity contribution in [2.45, 2.75) is 59.8 Å². The number of ether oxygens (including phenoxy) is 2. The summed E-state index contributed by atoms with van der Waals surface area (Å²) in [6.07, 6.45) is 4.61. The van der Waals surface area contributed by atoms with E-state index in [0.29, 0.717) is 5.92 Å². The maximum atomic E-state index is 14.6. The highest BCUT2D eigenvalue weighted by molar-refractivity contribution is 7.97. The van der Waals surface area contributed by atoms with Gasteiger partial charge in [-0.25, -0.2) is 9.18 Å². The summed E-state index contributed by atoms with van der Waals surface area (Å²) >= 11 is 0. The van der Waals surface area contributed by atoms with E-state index in [-0.39, 0.29) is 12.4 Å². The average Bonchev–Trinajstić information content (AvgIpc) is 3.38. The molecule has 1 aliphatic rings. The van der Waals surface area contributed by atoms with E-state index < -0.39 is 28.3 Å². The molecule has 0 atom stereocenters. The van der Waals surface area contributed by atoms with Crippen molar-refractivity contribution >= 4 is 16.9 Å². The predicted molar refractivity (Wildman–Crippen MR) is 137 cm³/mol. The average molecular weight is 490 g/mol. The zero-order valence-electron chi connectivity index (χ0n) is 20.1. The van der Waals surface area contributed by atoms with Crippen LogP contribution in [0.3, 0.4) is 0 Å². The van der Waals surface area contributed by atoms with Crippen LogP contribution in [0.2, 0.25) is 0 Å². The minimum atomic E-state index is -0.920. The van der Waals surface area contributed by atoms with Crippen LogP contribution in [0.1, 0.15) is 39.5 Å². The molecule has 0 radical (unpaired) electrons. The number of carbonyl (C=O) groups is 1. The molecule has 35 heavy (non-hydrogen) atoms. The number of esters is 1. The SMILES string of the molecule is CC(C)(C#CC1CCCC1)OC(=O)COc1cc([S+](c2ccccc2)c2ccccc2)ccc1F. The van der Waals surface area contributed by atoms with Gasteiger partial charge in [0.15, 0.2) is 38.5 Å². The lowest BCUT2D eigenvalue weighted by Gasteiger charge is -2.19. The van der Waals surface area contributed by atoms with Gasteiger partial charge < -0.3 is 9.47 Å². The van der Waals surface area contributed by atoms with Crippen molar-refractivity contribution in [3.63, 3.8) is 0 Å². The van der Waals surface area contributed by atoms with Gasteiger partial charge in [-0.15, -0.1) is 0 Å². The number of benzene rings is 3. The number of halogens is 1. The van der Waals surface area contributed by atoms with Crippen molar-refractivity contribution in [1.82, 2.24) is 0 Å². The maximum Gasteiger partial charge on any atom is 0.345 e. The lowest BCUT2D eigenvalue weighted by molar-refractivity contribution is -0.154. The highest BCUT2D eigenvalue weighted by Gasteiger charge is 2.30. The molecule has 3 aromatic rings. The summed E-state index contributed by atoms with van der Waals surface area (Å²) in [5.41, 5.74) is -0.920. The molecule has 3 aromatic carbocycles. The summed E-state index contributed by atoms with van der Waals surface area (Å²) in [5.74, 6) is 5.62. The molecule has 0 amide bonds. The van der Waals surface area contributed by atoms with Crippen LogP contribution in [0.25, 0.3) is 0 Å². The third kappa shape index (κ3) is 6.90. The number of rotatable bonds is 7. The van der Waals surface area contributed by atoms with Gasteiger partial charge in [0.2, 0.25) is 0 Å². The summed E-state index contributed by atoms with van der Waals surface area (Å²) in [5, 5.41) is 0. The van der Waals surface area contributed by atoms with Crippen LogP contribution in [0.4, 0.5) is 4.39 Å². The summed E-state index contributed by atoms with van der Waals surface area (Å²) < 4.78 is 25.7. The van der Waals surface area contributed by atoms with Crippen molar-refractivity contribution < 1.29 is 18.7 Å². The third-order valence-electron chi connectivity index (χ3n) is 5.74. The van der Waals surface area contributed by atoms with Gasteiger partial charge in [-0.3, -0.25) is 0 Å². The Morgan fingerprint density at radius 1 is 0.943 bits per heavy atom. The van der Waals surface area contributed by atoms with E-state index in [9.17, 15) is 9.18 Å². The molecule has 0 saturated heterocycles. The number of hydrogen-bond donors (Lipinski definition) is 0. The molecule has 0 aliphatic heterocycles. The van der Waals surface area contributed by atoms with E-state index in [1.165, 1.54) is 18.9 Å². The standard InChI is InChI=1S/C30H30FO3S/c1-30(2,20-19-23-11-9-10-12-23)34-29(32)22-33-28-21-26(17-18-27(28)31)35(24-13-5-3-6-14-24)25-15-7-4-8-16-25/h3-8,13-18,21,23H,9-12,22H2,1-2H3/q+1. The monoisotopic (exact) mass is 489 g/mol. The lowest BCUT2D eigenvalue weighted by atomic mass is 10.1. The minimum Gasteiger partial charge on any atom is -0.479 e. The van der Waals surface area contributed by atoms with Crippen molar-refractivity contribution in [3.05, 3.63) is 84.7 Å². The second-order valence-corrected chi connectivity index (χ2v) is 11.1. The van der Waals surface area contributed by atoms with Crippen LogP contribution >= 0.6 is 0 Å². The molecule has 0 N–H and O–H groups in total. The van der Waals surface area contributed by atoms with Crippen LogP contribution in [-0.2, 0) is 20.4 Å². The normalized spacial score (nSPS) is 13.8. The van der Waals surface area contributed by atoms with E-state index in [4.69, 9.17) is 9.47 Å². The molecule has 0 aromatic heterocycles. The quantitative estimate of drug-likeness (QED) is 0.208. The molecule has 1 aliphatic carbocycles. The maximum absolute atomic E-state index is 14.6. The summed E-state index contributed by atoms with van der Waals surface area (Å²) in [6.45, 7) is 3.14. The summed E-state index contributed by atoms with van der Waals surface area (Å²) in [7, 11) is -0.449. The van der Waals surface area contributed by atoms with E-state index in [1.54, 1.807) is 26.0 Å². The Hall–Kier alpha value is -3.23. The zero-order chi connectivity index (χ0) is 24.7. The fraction of sp³-hybridized carbons (Fsp3) is 0.300. The summed E-state index contributed by atoms with van der Waals surface area (Å²) in [6, 6.07) is 25.0. The Labute approximate surface area is 210 Å². The number of hydrogen-bond acceptors (Lipinski definition) is 3. The van der Waals surface area contributed by atoms with E-state index in [0.717, 1.165) is 27.5 Å². The Balaban J connectivity index is 1.48. The van der Waals surface area contributed by atoms with Crippen molar-refractivity contribution in [3.8, 4) is 17.6 Å². The molecule has 1 saturated carbocycles. The molecule has 3 nitrogen and oxygen atoms in total. The molecule has 0 bridgehead atoms. The molecule has 5 heteroatoms. The number of carbonyl (C=O) groups excluding carboxylic acids is 1. The zero-order valence-corrected chi connectivity index (χ0v) is 20.9. The highest BCUT2D eigenvalue weighted by atomic mass is 32.2. The van der Waals surface area contributed by atoms with Crippen molar-refractivity contribution in [1.29, 1.82) is 0 Å². The first-order valence-corrected chi connectivity index (χ1v) is 13.1. The predicted octanol–water partition coefficient (Wildman–Crippen LogP) is 6.82. The van der Waals surface area contributed by atoms with Gasteiger partial charge in [0.1, 0.15) is 0 Å². The summed E-state index contributed by atoms with van der Waals surface area (Å²) in [4.78, 5) is 15.6. The first kappa shape index (κ1) is 24.9. The smallest absolute Gasteiger partial charge is 0.345 e. The molecule has 0 heterocycles. The molecule has 180 valence electrons. The van der Waals surface area contributed by atoms with Crippen LogP contribution in [0, 0.1) is 23.6 Å². The van der Waals surface area contributed by atoms with Crippen LogP contribution in [0.15, 0.2) is 93.5 Å². The molecule has 0 spiro atoms.